The van der Waals surface area contributed by atoms with Gasteiger partial charge in [0.25, 0.3) is 6.71 Å². The van der Waals surface area contributed by atoms with E-state index in [0.29, 0.717) is 0 Å². The van der Waals surface area contributed by atoms with Gasteiger partial charge in [-0.05, 0) is 97.2 Å². The number of benzene rings is 8. The molecule has 8 aromatic rings. The Kier molecular flexibility index (Phi) is 5.12. The van der Waals surface area contributed by atoms with Crippen molar-refractivity contribution in [2.45, 2.75) is 0 Å². The molecule has 0 aliphatic carbocycles. The van der Waals surface area contributed by atoms with E-state index in [1.54, 1.807) is 0 Å². The summed E-state index contributed by atoms with van der Waals surface area (Å²) in [5.74, 6) is 0. The Balaban J connectivity index is 1.34. The van der Waals surface area contributed by atoms with Crippen LogP contribution in [0.4, 0.5) is 34.1 Å². The average molecular weight is 571 g/mol. The maximum atomic E-state index is 2.50. The molecule has 0 fully saturated rings. The highest BCUT2D eigenvalue weighted by Crippen LogP contribution is 2.45. The number of hydrogen-bond acceptors (Lipinski definition) is 2. The van der Waals surface area contributed by atoms with Gasteiger partial charge in [0.2, 0.25) is 0 Å². The minimum absolute atomic E-state index is 0.0899. The van der Waals surface area contributed by atoms with E-state index in [-0.39, 0.29) is 6.71 Å². The highest BCUT2D eigenvalue weighted by molar-refractivity contribution is 7.00. The minimum Gasteiger partial charge on any atom is -0.311 e. The lowest BCUT2D eigenvalue weighted by atomic mass is 9.33. The molecule has 0 aromatic heterocycles. The van der Waals surface area contributed by atoms with Crippen LogP contribution in [0.15, 0.2) is 164 Å². The summed E-state index contributed by atoms with van der Waals surface area (Å²) in [5.41, 5.74) is 11.3. The van der Waals surface area contributed by atoms with Gasteiger partial charge in [0, 0.05) is 34.1 Å². The Morgan fingerprint density at radius 2 is 0.778 bits per heavy atom. The molecule has 45 heavy (non-hydrogen) atoms. The van der Waals surface area contributed by atoms with Crippen LogP contribution in [0.3, 0.4) is 0 Å². The Hall–Kier alpha value is -5.80. The van der Waals surface area contributed by atoms with Crippen LogP contribution in [-0.2, 0) is 0 Å². The maximum Gasteiger partial charge on any atom is 0.252 e. The van der Waals surface area contributed by atoms with Crippen LogP contribution in [0, 0.1) is 0 Å². The molecule has 2 aliphatic heterocycles. The number of nitrogens with zero attached hydrogens (tertiary/aromatic N) is 2. The molecule has 0 N–H and O–H groups in total. The molecule has 10 rings (SSSR count). The van der Waals surface area contributed by atoms with Crippen molar-refractivity contribution >= 4 is 89.5 Å². The fraction of sp³-hybridized carbons (Fsp3) is 0. The van der Waals surface area contributed by atoms with Gasteiger partial charge >= 0.3 is 0 Å². The smallest absolute Gasteiger partial charge is 0.252 e. The predicted molar refractivity (Wildman–Crippen MR) is 193 cm³/mol. The van der Waals surface area contributed by atoms with Crippen LogP contribution >= 0.6 is 0 Å². The van der Waals surface area contributed by atoms with Crippen molar-refractivity contribution in [2.24, 2.45) is 0 Å². The summed E-state index contributed by atoms with van der Waals surface area (Å²) in [6.45, 7) is 0.0899. The SMILES string of the molecule is c1ccc(N2c3cc4ccccc4cc3B3c4cc5ccccc5cc4N(c4ccc5ccccc5c4)c4cccc2c43)cc1. The van der Waals surface area contributed by atoms with Gasteiger partial charge in [-0.25, -0.2) is 0 Å². The van der Waals surface area contributed by atoms with Crippen molar-refractivity contribution in [1.29, 1.82) is 0 Å². The van der Waals surface area contributed by atoms with Crippen LogP contribution in [0.25, 0.3) is 32.3 Å². The minimum atomic E-state index is 0.0899. The zero-order valence-electron chi connectivity index (χ0n) is 24.6. The van der Waals surface area contributed by atoms with Gasteiger partial charge in [0.05, 0.1) is 0 Å². The van der Waals surface area contributed by atoms with Crippen molar-refractivity contribution in [2.75, 3.05) is 9.80 Å². The zero-order chi connectivity index (χ0) is 29.5. The molecular weight excluding hydrogens is 543 g/mol. The van der Waals surface area contributed by atoms with E-state index in [1.165, 1.54) is 82.8 Å². The molecule has 208 valence electrons. The number of fused-ring (bicyclic) bond motifs is 7. The second-order valence-electron chi connectivity index (χ2n) is 12.2. The van der Waals surface area contributed by atoms with E-state index in [2.05, 4.69) is 174 Å². The van der Waals surface area contributed by atoms with E-state index in [9.17, 15) is 0 Å². The molecule has 2 nitrogen and oxygen atoms in total. The molecule has 0 bridgehead atoms. The van der Waals surface area contributed by atoms with E-state index in [1.807, 2.05) is 0 Å². The second kappa shape index (κ2) is 9.35. The van der Waals surface area contributed by atoms with Gasteiger partial charge in [-0.15, -0.1) is 0 Å². The third-order valence-electron chi connectivity index (χ3n) is 9.73. The van der Waals surface area contributed by atoms with E-state index >= 15 is 0 Å². The Bertz CT molecular complexity index is 2470. The molecule has 0 saturated carbocycles. The van der Waals surface area contributed by atoms with Gasteiger partial charge in [0.1, 0.15) is 0 Å². The van der Waals surface area contributed by atoms with E-state index < -0.39 is 0 Å². The molecular formula is C42H27BN2. The van der Waals surface area contributed by atoms with Gasteiger partial charge in [0.15, 0.2) is 0 Å². The second-order valence-corrected chi connectivity index (χ2v) is 12.2. The summed E-state index contributed by atoms with van der Waals surface area (Å²) < 4.78 is 0. The first-order valence-electron chi connectivity index (χ1n) is 15.6. The summed E-state index contributed by atoms with van der Waals surface area (Å²) in [4.78, 5) is 4.97. The lowest BCUT2D eigenvalue weighted by Crippen LogP contribution is -2.61. The molecule has 0 radical (unpaired) electrons. The fourth-order valence-corrected chi connectivity index (χ4v) is 7.76. The van der Waals surface area contributed by atoms with Crippen LogP contribution < -0.4 is 26.2 Å². The molecule has 0 spiro atoms. The summed E-state index contributed by atoms with van der Waals surface area (Å²) >= 11 is 0. The average Bonchev–Trinajstić information content (AvgIpc) is 3.10. The predicted octanol–water partition coefficient (Wildman–Crippen LogP) is 9.23. The summed E-state index contributed by atoms with van der Waals surface area (Å²) in [5, 5.41) is 7.53. The summed E-state index contributed by atoms with van der Waals surface area (Å²) in [6, 6.07) is 60.4. The number of hydrogen-bond donors (Lipinski definition) is 0. The zero-order valence-corrected chi connectivity index (χ0v) is 24.6. The lowest BCUT2D eigenvalue weighted by Gasteiger charge is -2.44. The maximum absolute atomic E-state index is 2.50. The Labute approximate surface area is 262 Å². The highest BCUT2D eigenvalue weighted by atomic mass is 15.2. The number of para-hydroxylation sites is 1. The van der Waals surface area contributed by atoms with Gasteiger partial charge in [-0.1, -0.05) is 115 Å². The van der Waals surface area contributed by atoms with Crippen LogP contribution in [0.5, 0.6) is 0 Å². The Morgan fingerprint density at radius 1 is 0.311 bits per heavy atom. The fourth-order valence-electron chi connectivity index (χ4n) is 7.76. The third kappa shape index (κ3) is 3.58. The van der Waals surface area contributed by atoms with E-state index in [4.69, 9.17) is 0 Å². The summed E-state index contributed by atoms with van der Waals surface area (Å²) in [6.07, 6.45) is 0. The van der Waals surface area contributed by atoms with Crippen molar-refractivity contribution in [3.63, 3.8) is 0 Å². The molecule has 2 aliphatic rings. The van der Waals surface area contributed by atoms with Gasteiger partial charge in [-0.3, -0.25) is 0 Å². The van der Waals surface area contributed by atoms with E-state index in [0.717, 1.165) is 0 Å². The van der Waals surface area contributed by atoms with Gasteiger partial charge in [-0.2, -0.15) is 0 Å². The largest absolute Gasteiger partial charge is 0.311 e. The first-order valence-corrected chi connectivity index (χ1v) is 15.6. The molecule has 8 aromatic carbocycles. The molecule has 0 amide bonds. The lowest BCUT2D eigenvalue weighted by molar-refractivity contribution is 1.26. The highest BCUT2D eigenvalue weighted by Gasteiger charge is 2.43. The standard InChI is InChI=1S/C42H27BN2/c1-2-17-34(18-3-1)44-38-19-10-20-39-42(38)43(36-24-30-13-6-8-15-32(30)26-40(36)44)37-25-31-14-7-9-16-33(31)27-41(37)45(39)35-22-21-28-11-4-5-12-29(28)23-35/h1-27H. The van der Waals surface area contributed by atoms with Crippen molar-refractivity contribution in [3.05, 3.63) is 164 Å². The van der Waals surface area contributed by atoms with Crippen molar-refractivity contribution in [3.8, 4) is 0 Å². The van der Waals surface area contributed by atoms with Gasteiger partial charge < -0.3 is 9.80 Å². The number of anilines is 6. The molecule has 0 atom stereocenters. The first-order chi connectivity index (χ1) is 22.3. The van der Waals surface area contributed by atoms with Crippen LogP contribution in [-0.4, -0.2) is 6.71 Å². The first kappa shape index (κ1) is 24.6. The summed E-state index contributed by atoms with van der Waals surface area (Å²) in [7, 11) is 0. The van der Waals surface area contributed by atoms with Crippen molar-refractivity contribution < 1.29 is 0 Å². The molecule has 0 saturated heterocycles. The Morgan fingerprint density at radius 3 is 1.36 bits per heavy atom. The van der Waals surface area contributed by atoms with Crippen LogP contribution in [0.2, 0.25) is 0 Å². The molecule has 2 heterocycles. The van der Waals surface area contributed by atoms with Crippen LogP contribution in [0.1, 0.15) is 0 Å². The third-order valence-corrected chi connectivity index (χ3v) is 9.73. The quantitative estimate of drug-likeness (QED) is 0.191. The normalized spacial score (nSPS) is 13.2. The monoisotopic (exact) mass is 570 g/mol. The van der Waals surface area contributed by atoms with Crippen molar-refractivity contribution in [1.82, 2.24) is 0 Å². The molecule has 3 heteroatoms. The number of rotatable bonds is 2. The topological polar surface area (TPSA) is 6.48 Å². The molecule has 0 unspecified atom stereocenters.